The second kappa shape index (κ2) is 9.55. The molecular weight excluding hydrogens is 460 g/mol. The van der Waals surface area contributed by atoms with Gasteiger partial charge in [-0.1, -0.05) is 35.9 Å². The first-order valence-corrected chi connectivity index (χ1v) is 10.9. The summed E-state index contributed by atoms with van der Waals surface area (Å²) in [4.78, 5) is 24.9. The van der Waals surface area contributed by atoms with Crippen molar-refractivity contribution in [2.75, 3.05) is 0 Å². The van der Waals surface area contributed by atoms with Crippen molar-refractivity contribution >= 4 is 11.8 Å². The molecule has 0 bridgehead atoms. The molecule has 0 saturated carbocycles. The highest BCUT2D eigenvalue weighted by Crippen LogP contribution is 2.24. The molecule has 5 aromatic rings. The average Bonchev–Trinajstić information content (AvgIpc) is 3.55. The molecule has 178 valence electrons. The maximum absolute atomic E-state index is 12.5. The van der Waals surface area contributed by atoms with E-state index in [0.717, 1.165) is 11.1 Å². The molecule has 0 radical (unpaired) electrons. The number of carbonyl (C=O) groups excluding carboxylic acids is 2. The minimum atomic E-state index is -0.762. The van der Waals surface area contributed by atoms with E-state index < -0.39 is 11.8 Å². The van der Waals surface area contributed by atoms with Crippen LogP contribution in [-0.4, -0.2) is 36.9 Å². The van der Waals surface area contributed by atoms with Crippen molar-refractivity contribution in [3.63, 3.8) is 0 Å². The minimum Gasteiger partial charge on any atom is -0.504 e. The van der Waals surface area contributed by atoms with E-state index in [-0.39, 0.29) is 17.0 Å². The zero-order valence-corrected chi connectivity index (χ0v) is 19.0. The lowest BCUT2D eigenvalue weighted by Crippen LogP contribution is -2.41. The van der Waals surface area contributed by atoms with Gasteiger partial charge in [-0.05, 0) is 55.5 Å². The van der Waals surface area contributed by atoms with E-state index in [1.807, 2.05) is 37.3 Å². The number of hydrazine groups is 1. The quantitative estimate of drug-likeness (QED) is 0.327. The maximum atomic E-state index is 12.5. The number of para-hydroxylation sites is 1. The number of nitrogens with zero attached hydrogens (tertiary/aromatic N) is 4. The van der Waals surface area contributed by atoms with Crippen molar-refractivity contribution in [1.29, 1.82) is 0 Å². The smallest absolute Gasteiger partial charge is 0.294 e. The summed E-state index contributed by atoms with van der Waals surface area (Å²) >= 11 is 0. The second-order valence-electron chi connectivity index (χ2n) is 7.91. The standard InChI is InChI=1S/C26H20N6O4/c1-16-6-5-7-19(14-16)26-30-29-25(36-26)18-12-10-17(11-13-18)23(34)27-28-24(35)22-21(33)15-32(31-22)20-8-3-2-4-9-20/h2-15,33H,1H3,(H,27,34)(H,28,35). The number of aromatic nitrogens is 4. The average molecular weight is 480 g/mol. The monoisotopic (exact) mass is 480 g/mol. The molecule has 3 N–H and O–H groups in total. The van der Waals surface area contributed by atoms with Crippen LogP contribution in [0.5, 0.6) is 5.75 Å². The predicted molar refractivity (Wildman–Crippen MR) is 130 cm³/mol. The molecule has 2 aromatic heterocycles. The summed E-state index contributed by atoms with van der Waals surface area (Å²) in [6.07, 6.45) is 1.31. The predicted octanol–water partition coefficient (Wildman–Crippen LogP) is 3.68. The lowest BCUT2D eigenvalue weighted by Gasteiger charge is -2.06. The van der Waals surface area contributed by atoms with Crippen molar-refractivity contribution in [3.05, 3.63) is 102 Å². The van der Waals surface area contributed by atoms with Crippen LogP contribution in [0.25, 0.3) is 28.6 Å². The van der Waals surface area contributed by atoms with Gasteiger partial charge in [0.2, 0.25) is 11.8 Å². The Kier molecular flexibility index (Phi) is 5.98. The van der Waals surface area contributed by atoms with E-state index in [4.69, 9.17) is 4.42 Å². The molecule has 0 fully saturated rings. The fourth-order valence-corrected chi connectivity index (χ4v) is 3.48. The van der Waals surface area contributed by atoms with Crippen LogP contribution in [-0.2, 0) is 0 Å². The van der Waals surface area contributed by atoms with Crippen molar-refractivity contribution < 1.29 is 19.1 Å². The number of carbonyl (C=O) groups is 2. The highest BCUT2D eigenvalue weighted by molar-refractivity contribution is 5.99. The van der Waals surface area contributed by atoms with Crippen LogP contribution < -0.4 is 10.9 Å². The topological polar surface area (TPSA) is 135 Å². The van der Waals surface area contributed by atoms with Crippen molar-refractivity contribution in [1.82, 2.24) is 30.8 Å². The van der Waals surface area contributed by atoms with Crippen molar-refractivity contribution in [2.24, 2.45) is 0 Å². The highest BCUT2D eigenvalue weighted by atomic mass is 16.4. The molecule has 5 rings (SSSR count). The van der Waals surface area contributed by atoms with Crippen LogP contribution in [0.4, 0.5) is 0 Å². The SMILES string of the molecule is Cc1cccc(-c2nnc(-c3ccc(C(=O)NNC(=O)c4nn(-c5ccccc5)cc4O)cc3)o2)c1. The summed E-state index contributed by atoms with van der Waals surface area (Å²) in [6, 6.07) is 23.2. The summed E-state index contributed by atoms with van der Waals surface area (Å²) in [5.41, 5.74) is 7.84. The van der Waals surface area contributed by atoms with E-state index in [1.165, 1.54) is 10.9 Å². The number of amides is 2. The normalized spacial score (nSPS) is 10.7. The van der Waals surface area contributed by atoms with Crippen LogP contribution in [0.3, 0.4) is 0 Å². The molecule has 10 heteroatoms. The van der Waals surface area contributed by atoms with Gasteiger partial charge >= 0.3 is 0 Å². The fraction of sp³-hybridized carbons (Fsp3) is 0.0385. The lowest BCUT2D eigenvalue weighted by molar-refractivity contribution is 0.0842. The van der Waals surface area contributed by atoms with E-state index >= 15 is 0 Å². The Balaban J connectivity index is 1.22. The fourth-order valence-electron chi connectivity index (χ4n) is 3.48. The van der Waals surface area contributed by atoms with Gasteiger partial charge < -0.3 is 9.52 Å². The molecule has 3 aromatic carbocycles. The van der Waals surface area contributed by atoms with Gasteiger partial charge in [0.25, 0.3) is 11.8 Å². The Morgan fingerprint density at radius 1 is 0.833 bits per heavy atom. The lowest BCUT2D eigenvalue weighted by atomic mass is 10.1. The number of hydrogen-bond donors (Lipinski definition) is 3. The largest absolute Gasteiger partial charge is 0.504 e. The molecule has 0 unspecified atom stereocenters. The first-order valence-electron chi connectivity index (χ1n) is 10.9. The Hall–Kier alpha value is -5.25. The van der Waals surface area contributed by atoms with Crippen LogP contribution in [0.15, 0.2) is 89.5 Å². The van der Waals surface area contributed by atoms with Crippen molar-refractivity contribution in [3.8, 4) is 34.3 Å². The number of aromatic hydroxyl groups is 1. The van der Waals surface area contributed by atoms with Gasteiger partial charge in [0.1, 0.15) is 0 Å². The van der Waals surface area contributed by atoms with E-state index in [1.54, 1.807) is 48.5 Å². The van der Waals surface area contributed by atoms with Gasteiger partial charge in [-0.15, -0.1) is 10.2 Å². The first-order chi connectivity index (χ1) is 17.5. The minimum absolute atomic E-state index is 0.227. The highest BCUT2D eigenvalue weighted by Gasteiger charge is 2.18. The molecule has 2 amide bonds. The Morgan fingerprint density at radius 2 is 1.53 bits per heavy atom. The number of benzene rings is 3. The molecular formula is C26H20N6O4. The van der Waals surface area contributed by atoms with Crippen LogP contribution in [0.1, 0.15) is 26.4 Å². The molecule has 0 saturated heterocycles. The Bertz CT molecular complexity index is 1540. The van der Waals surface area contributed by atoms with Gasteiger partial charge in [-0.2, -0.15) is 5.10 Å². The third-order valence-corrected chi connectivity index (χ3v) is 5.30. The zero-order valence-electron chi connectivity index (χ0n) is 19.0. The number of nitrogens with one attached hydrogen (secondary N) is 2. The zero-order chi connectivity index (χ0) is 25.1. The maximum Gasteiger partial charge on any atom is 0.294 e. The number of rotatable bonds is 5. The summed E-state index contributed by atoms with van der Waals surface area (Å²) < 4.78 is 7.14. The van der Waals surface area contributed by atoms with Gasteiger partial charge in [0, 0.05) is 16.7 Å². The summed E-state index contributed by atoms with van der Waals surface area (Å²) in [6.45, 7) is 1.98. The summed E-state index contributed by atoms with van der Waals surface area (Å²) in [5.74, 6) is -0.920. The number of hydrogen-bond acceptors (Lipinski definition) is 7. The van der Waals surface area contributed by atoms with Gasteiger partial charge in [0.15, 0.2) is 11.4 Å². The molecule has 0 spiro atoms. The van der Waals surface area contributed by atoms with E-state index in [9.17, 15) is 14.7 Å². The number of aryl methyl sites for hydroxylation is 1. The molecule has 36 heavy (non-hydrogen) atoms. The van der Waals surface area contributed by atoms with Gasteiger partial charge in [-0.3, -0.25) is 20.4 Å². The first kappa shape index (κ1) is 22.5. The molecule has 10 nitrogen and oxygen atoms in total. The second-order valence-corrected chi connectivity index (χ2v) is 7.91. The summed E-state index contributed by atoms with van der Waals surface area (Å²) in [5, 5.41) is 22.4. The molecule has 0 aliphatic carbocycles. The third-order valence-electron chi connectivity index (χ3n) is 5.30. The van der Waals surface area contributed by atoms with Gasteiger partial charge in [0.05, 0.1) is 11.9 Å². The Morgan fingerprint density at radius 3 is 2.25 bits per heavy atom. The Labute approximate surface area is 205 Å². The molecule has 0 aliphatic rings. The third kappa shape index (κ3) is 4.68. The van der Waals surface area contributed by atoms with Crippen LogP contribution in [0, 0.1) is 6.92 Å². The molecule has 0 atom stereocenters. The van der Waals surface area contributed by atoms with Crippen LogP contribution in [0.2, 0.25) is 0 Å². The van der Waals surface area contributed by atoms with Crippen LogP contribution >= 0.6 is 0 Å². The molecule has 2 heterocycles. The van der Waals surface area contributed by atoms with E-state index in [2.05, 4.69) is 26.1 Å². The summed E-state index contributed by atoms with van der Waals surface area (Å²) in [7, 11) is 0. The van der Waals surface area contributed by atoms with Crippen molar-refractivity contribution in [2.45, 2.75) is 6.92 Å². The molecule has 0 aliphatic heterocycles. The van der Waals surface area contributed by atoms with E-state index in [0.29, 0.717) is 23.0 Å². The van der Waals surface area contributed by atoms with Gasteiger partial charge in [-0.25, -0.2) is 4.68 Å².